The Kier molecular flexibility index (Phi) is 3.70. The molecule has 0 spiro atoms. The van der Waals surface area contributed by atoms with Crippen molar-refractivity contribution < 1.29 is 9.53 Å². The van der Waals surface area contributed by atoms with Gasteiger partial charge in [0, 0.05) is 6.61 Å². The molecule has 0 aromatic heterocycles. The fourth-order valence-corrected chi connectivity index (χ4v) is 0.232. The molecule has 0 rings (SSSR count). The van der Waals surface area contributed by atoms with E-state index >= 15 is 0 Å². The Labute approximate surface area is 44.3 Å². The SMILES string of the molecule is [B]C(C=O)OCC. The maximum absolute atomic E-state index is 9.64. The molecule has 0 saturated carbocycles. The van der Waals surface area contributed by atoms with Crippen molar-refractivity contribution in [2.24, 2.45) is 0 Å². The third-order valence-corrected chi connectivity index (χ3v) is 0.493. The Bertz CT molecular complexity index is 55.7. The maximum atomic E-state index is 9.64. The minimum Gasteiger partial charge on any atom is -0.381 e. The summed E-state index contributed by atoms with van der Waals surface area (Å²) in [6.07, 6.45) is 0.559. The number of carbonyl (C=O) groups excluding carboxylic acids is 1. The van der Waals surface area contributed by atoms with Crippen LogP contribution in [0, 0.1) is 0 Å². The zero-order valence-electron chi connectivity index (χ0n) is 4.26. The van der Waals surface area contributed by atoms with Gasteiger partial charge in [-0.1, -0.05) is 0 Å². The average molecular weight is 97.9 g/mol. The summed E-state index contributed by atoms with van der Waals surface area (Å²) in [4.78, 5) is 9.64. The first-order valence-electron chi connectivity index (χ1n) is 2.13. The number of carbonyl (C=O) groups is 1. The molecular formula is C4H7BO2. The van der Waals surface area contributed by atoms with Gasteiger partial charge in [-0.25, -0.2) is 0 Å². The molecule has 0 fully saturated rings. The fraction of sp³-hybridized carbons (Fsp3) is 0.750. The number of hydrogen-bond acceptors (Lipinski definition) is 2. The molecule has 38 valence electrons. The number of hydrogen-bond donors (Lipinski definition) is 0. The predicted octanol–water partition coefficient (Wildman–Crippen LogP) is -0.284. The third-order valence-electron chi connectivity index (χ3n) is 0.493. The highest BCUT2D eigenvalue weighted by atomic mass is 16.5. The lowest BCUT2D eigenvalue weighted by Gasteiger charge is -1.99. The summed E-state index contributed by atoms with van der Waals surface area (Å²) in [6.45, 7) is 2.27. The quantitative estimate of drug-likeness (QED) is 0.358. The first-order valence-corrected chi connectivity index (χ1v) is 2.13. The Morgan fingerprint density at radius 2 is 2.57 bits per heavy atom. The zero-order valence-corrected chi connectivity index (χ0v) is 4.26. The molecule has 2 nitrogen and oxygen atoms in total. The summed E-state index contributed by atoms with van der Waals surface area (Å²) in [5.41, 5.74) is 0. The van der Waals surface area contributed by atoms with Gasteiger partial charge in [0.1, 0.15) is 14.1 Å². The molecule has 0 saturated heterocycles. The van der Waals surface area contributed by atoms with Crippen LogP contribution in [0.4, 0.5) is 0 Å². The van der Waals surface area contributed by atoms with Crippen LogP contribution in [0.1, 0.15) is 6.92 Å². The van der Waals surface area contributed by atoms with Crippen LogP contribution in [-0.2, 0) is 9.53 Å². The highest BCUT2D eigenvalue weighted by Gasteiger charge is 1.92. The molecule has 0 amide bonds. The van der Waals surface area contributed by atoms with Gasteiger partial charge in [-0.2, -0.15) is 0 Å². The molecule has 0 heterocycles. The topological polar surface area (TPSA) is 26.3 Å². The summed E-state index contributed by atoms with van der Waals surface area (Å²) in [5, 5.41) is 0. The minimum atomic E-state index is -0.731. The van der Waals surface area contributed by atoms with Gasteiger partial charge in [-0.05, 0) is 6.92 Å². The van der Waals surface area contributed by atoms with E-state index in [1.54, 1.807) is 6.92 Å². The standard InChI is InChI=1S/C4H7BO2/c1-2-7-4(5)3-6/h3-4H,2H2,1H3. The van der Waals surface area contributed by atoms with Crippen molar-refractivity contribution in [1.29, 1.82) is 0 Å². The van der Waals surface area contributed by atoms with Crippen molar-refractivity contribution in [1.82, 2.24) is 0 Å². The first kappa shape index (κ1) is 6.69. The molecule has 0 N–H and O–H groups in total. The molecule has 0 aliphatic rings. The van der Waals surface area contributed by atoms with E-state index in [1.165, 1.54) is 0 Å². The van der Waals surface area contributed by atoms with Gasteiger partial charge in [-0.15, -0.1) is 0 Å². The molecule has 2 radical (unpaired) electrons. The van der Waals surface area contributed by atoms with Crippen LogP contribution in [0.15, 0.2) is 0 Å². The van der Waals surface area contributed by atoms with Crippen LogP contribution < -0.4 is 0 Å². The monoisotopic (exact) mass is 98.1 g/mol. The average Bonchev–Trinajstić information content (AvgIpc) is 1.68. The van der Waals surface area contributed by atoms with Gasteiger partial charge in [0.25, 0.3) is 0 Å². The highest BCUT2D eigenvalue weighted by Crippen LogP contribution is 1.76. The lowest BCUT2D eigenvalue weighted by molar-refractivity contribution is -0.113. The van der Waals surface area contributed by atoms with Gasteiger partial charge in [0.2, 0.25) is 0 Å². The van der Waals surface area contributed by atoms with E-state index in [9.17, 15) is 4.79 Å². The van der Waals surface area contributed by atoms with Crippen molar-refractivity contribution in [3.8, 4) is 0 Å². The molecule has 0 bridgehead atoms. The van der Waals surface area contributed by atoms with Crippen LogP contribution in [0.5, 0.6) is 0 Å². The molecule has 0 aromatic carbocycles. The summed E-state index contributed by atoms with van der Waals surface area (Å²) in [7, 11) is 4.99. The first-order chi connectivity index (χ1) is 3.31. The van der Waals surface area contributed by atoms with Crippen molar-refractivity contribution in [2.45, 2.75) is 12.9 Å². The smallest absolute Gasteiger partial charge is 0.139 e. The van der Waals surface area contributed by atoms with Crippen LogP contribution in [-0.4, -0.2) is 26.7 Å². The second-order valence-corrected chi connectivity index (χ2v) is 1.06. The van der Waals surface area contributed by atoms with E-state index < -0.39 is 6.00 Å². The van der Waals surface area contributed by atoms with Crippen LogP contribution >= 0.6 is 0 Å². The molecule has 1 unspecified atom stereocenters. The second-order valence-electron chi connectivity index (χ2n) is 1.06. The highest BCUT2D eigenvalue weighted by molar-refractivity contribution is 6.18. The molecule has 7 heavy (non-hydrogen) atoms. The molecule has 0 aliphatic heterocycles. The predicted molar refractivity (Wildman–Crippen MR) is 27.2 cm³/mol. The van der Waals surface area contributed by atoms with Crippen molar-refractivity contribution in [3.05, 3.63) is 0 Å². The van der Waals surface area contributed by atoms with Crippen molar-refractivity contribution >= 4 is 14.1 Å². The van der Waals surface area contributed by atoms with Crippen LogP contribution in [0.2, 0.25) is 0 Å². The lowest BCUT2D eigenvalue weighted by atomic mass is 10.0. The number of ether oxygens (including phenoxy) is 1. The van der Waals surface area contributed by atoms with E-state index in [2.05, 4.69) is 4.74 Å². The van der Waals surface area contributed by atoms with Gasteiger partial charge in [0.15, 0.2) is 0 Å². The second kappa shape index (κ2) is 3.87. The number of rotatable bonds is 3. The number of aldehydes is 1. The molecular weight excluding hydrogens is 90.9 g/mol. The minimum absolute atomic E-state index is 0.486. The lowest BCUT2D eigenvalue weighted by Crippen LogP contribution is -2.13. The molecule has 3 heteroatoms. The summed E-state index contributed by atoms with van der Waals surface area (Å²) in [6, 6.07) is -0.731. The molecule has 0 aromatic rings. The van der Waals surface area contributed by atoms with E-state index in [4.69, 9.17) is 7.85 Å². The third kappa shape index (κ3) is 3.53. The molecule has 1 atom stereocenters. The summed E-state index contributed by atoms with van der Waals surface area (Å²) >= 11 is 0. The summed E-state index contributed by atoms with van der Waals surface area (Å²) < 4.78 is 4.60. The van der Waals surface area contributed by atoms with Crippen molar-refractivity contribution in [2.75, 3.05) is 6.61 Å². The Balaban J connectivity index is 2.98. The maximum Gasteiger partial charge on any atom is 0.139 e. The summed E-state index contributed by atoms with van der Waals surface area (Å²) in [5.74, 6) is 0. The normalized spacial score (nSPS) is 13.3. The van der Waals surface area contributed by atoms with E-state index in [0.29, 0.717) is 12.9 Å². The van der Waals surface area contributed by atoms with Crippen molar-refractivity contribution in [3.63, 3.8) is 0 Å². The Morgan fingerprint density at radius 3 is 2.71 bits per heavy atom. The fourth-order valence-electron chi connectivity index (χ4n) is 0.232. The zero-order chi connectivity index (χ0) is 5.70. The van der Waals surface area contributed by atoms with Crippen LogP contribution in [0.25, 0.3) is 0 Å². The van der Waals surface area contributed by atoms with Crippen LogP contribution in [0.3, 0.4) is 0 Å². The van der Waals surface area contributed by atoms with Gasteiger partial charge >= 0.3 is 0 Å². The Morgan fingerprint density at radius 1 is 2.00 bits per heavy atom. The van der Waals surface area contributed by atoms with E-state index in [-0.39, 0.29) is 0 Å². The van der Waals surface area contributed by atoms with E-state index in [1.807, 2.05) is 0 Å². The van der Waals surface area contributed by atoms with E-state index in [0.717, 1.165) is 0 Å². The van der Waals surface area contributed by atoms with Gasteiger partial charge < -0.3 is 9.53 Å². The molecule has 0 aliphatic carbocycles. The largest absolute Gasteiger partial charge is 0.381 e. The Hall–Kier alpha value is -0.305. The van der Waals surface area contributed by atoms with Gasteiger partial charge in [0.05, 0.1) is 6.00 Å². The van der Waals surface area contributed by atoms with Gasteiger partial charge in [-0.3, -0.25) is 0 Å².